The molecule has 0 aromatic carbocycles. The van der Waals surface area contributed by atoms with E-state index in [1.54, 1.807) is 0 Å². The Kier molecular flexibility index (Phi) is 5.93. The summed E-state index contributed by atoms with van der Waals surface area (Å²) in [5.74, 6) is 0.280. The molecule has 0 spiro atoms. The molecule has 0 bridgehead atoms. The summed E-state index contributed by atoms with van der Waals surface area (Å²) in [7, 11) is 1.39. The molecule has 2 heteroatoms. The molecular weight excluding hydrogens is 176 g/mol. The lowest BCUT2D eigenvalue weighted by Crippen LogP contribution is -2.03. The van der Waals surface area contributed by atoms with Crippen LogP contribution in [-0.2, 0) is 9.53 Å². The molecule has 0 unspecified atom stereocenters. The molecule has 0 fully saturated rings. The van der Waals surface area contributed by atoms with Crippen molar-refractivity contribution < 1.29 is 9.53 Å². The SMILES string of the molecule is C=C(CC[C@H](C)C(=C)C)CC(=O)OC. The Morgan fingerprint density at radius 2 is 2.00 bits per heavy atom. The summed E-state index contributed by atoms with van der Waals surface area (Å²) in [5, 5.41) is 0. The normalized spacial score (nSPS) is 11.9. The zero-order valence-electron chi connectivity index (χ0n) is 9.43. The van der Waals surface area contributed by atoms with E-state index in [0.29, 0.717) is 12.3 Å². The summed E-state index contributed by atoms with van der Waals surface area (Å²) in [4.78, 5) is 10.9. The number of hydrogen-bond acceptors (Lipinski definition) is 2. The zero-order valence-corrected chi connectivity index (χ0v) is 9.43. The molecule has 2 nitrogen and oxygen atoms in total. The molecule has 0 aliphatic heterocycles. The fraction of sp³-hybridized carbons (Fsp3) is 0.583. The molecule has 14 heavy (non-hydrogen) atoms. The lowest BCUT2D eigenvalue weighted by atomic mass is 9.95. The maximum absolute atomic E-state index is 10.9. The van der Waals surface area contributed by atoms with Crippen LogP contribution in [0.25, 0.3) is 0 Å². The molecule has 0 N–H and O–H groups in total. The van der Waals surface area contributed by atoms with Crippen molar-refractivity contribution in [1.82, 2.24) is 0 Å². The molecule has 0 aliphatic carbocycles. The van der Waals surface area contributed by atoms with E-state index >= 15 is 0 Å². The van der Waals surface area contributed by atoms with Gasteiger partial charge in [0.15, 0.2) is 0 Å². The van der Waals surface area contributed by atoms with Gasteiger partial charge in [0, 0.05) is 0 Å². The Balaban J connectivity index is 3.74. The molecule has 0 saturated carbocycles. The number of methoxy groups -OCH3 is 1. The number of carbonyl (C=O) groups is 1. The van der Waals surface area contributed by atoms with Gasteiger partial charge in [-0.2, -0.15) is 0 Å². The molecule has 0 rings (SSSR count). The topological polar surface area (TPSA) is 26.3 Å². The van der Waals surface area contributed by atoms with Crippen molar-refractivity contribution >= 4 is 5.97 Å². The highest BCUT2D eigenvalue weighted by atomic mass is 16.5. The predicted octanol–water partition coefficient (Wildman–Crippen LogP) is 3.10. The molecular formula is C12H20O2. The lowest BCUT2D eigenvalue weighted by Gasteiger charge is -2.11. The highest BCUT2D eigenvalue weighted by molar-refractivity contribution is 5.71. The number of hydrogen-bond donors (Lipinski definition) is 0. The van der Waals surface area contributed by atoms with E-state index in [2.05, 4.69) is 24.8 Å². The van der Waals surface area contributed by atoms with Gasteiger partial charge in [-0.25, -0.2) is 0 Å². The van der Waals surface area contributed by atoms with Crippen LogP contribution in [0.5, 0.6) is 0 Å². The second-order valence-electron chi connectivity index (χ2n) is 3.79. The summed E-state index contributed by atoms with van der Waals surface area (Å²) in [5.41, 5.74) is 2.11. The monoisotopic (exact) mass is 196 g/mol. The van der Waals surface area contributed by atoms with E-state index in [1.807, 2.05) is 6.92 Å². The van der Waals surface area contributed by atoms with Gasteiger partial charge in [0.1, 0.15) is 0 Å². The van der Waals surface area contributed by atoms with E-state index in [0.717, 1.165) is 18.4 Å². The molecule has 0 aromatic heterocycles. The average Bonchev–Trinajstić information content (AvgIpc) is 2.13. The van der Waals surface area contributed by atoms with E-state index in [-0.39, 0.29) is 5.97 Å². The third-order valence-corrected chi connectivity index (χ3v) is 2.39. The van der Waals surface area contributed by atoms with Crippen LogP contribution in [0.4, 0.5) is 0 Å². The van der Waals surface area contributed by atoms with Crippen LogP contribution < -0.4 is 0 Å². The minimum absolute atomic E-state index is 0.210. The lowest BCUT2D eigenvalue weighted by molar-refractivity contribution is -0.139. The summed E-state index contributed by atoms with van der Waals surface area (Å²) in [6, 6.07) is 0. The quantitative estimate of drug-likeness (QED) is 0.482. The number of carbonyl (C=O) groups excluding carboxylic acids is 1. The standard InChI is InChI=1S/C12H20O2/c1-9(2)11(4)7-6-10(3)8-12(13)14-5/h11H,1,3,6-8H2,2,4-5H3/t11-/m0/s1. The first-order valence-corrected chi connectivity index (χ1v) is 4.86. The van der Waals surface area contributed by atoms with Crippen LogP contribution in [0.15, 0.2) is 24.3 Å². The van der Waals surface area contributed by atoms with Crippen LogP contribution in [0.1, 0.15) is 33.1 Å². The van der Waals surface area contributed by atoms with Crippen molar-refractivity contribution in [3.63, 3.8) is 0 Å². The Hall–Kier alpha value is -1.05. The van der Waals surface area contributed by atoms with Gasteiger partial charge in [-0.1, -0.05) is 31.2 Å². The van der Waals surface area contributed by atoms with Crippen molar-refractivity contribution in [2.75, 3.05) is 7.11 Å². The van der Waals surface area contributed by atoms with Gasteiger partial charge in [0.2, 0.25) is 0 Å². The largest absolute Gasteiger partial charge is 0.469 e. The van der Waals surface area contributed by atoms with E-state index in [4.69, 9.17) is 0 Å². The van der Waals surface area contributed by atoms with E-state index in [9.17, 15) is 4.79 Å². The third kappa shape index (κ3) is 5.57. The molecule has 0 heterocycles. The molecule has 0 saturated heterocycles. The molecule has 1 atom stereocenters. The van der Waals surface area contributed by atoms with Gasteiger partial charge >= 0.3 is 5.97 Å². The maximum Gasteiger partial charge on any atom is 0.309 e. The Morgan fingerprint density at radius 1 is 1.43 bits per heavy atom. The molecule has 80 valence electrons. The average molecular weight is 196 g/mol. The molecule has 0 aliphatic rings. The third-order valence-electron chi connectivity index (χ3n) is 2.39. The number of rotatable bonds is 6. The van der Waals surface area contributed by atoms with Gasteiger partial charge in [-0.3, -0.25) is 4.79 Å². The van der Waals surface area contributed by atoms with Crippen molar-refractivity contribution in [2.24, 2.45) is 5.92 Å². The Bertz CT molecular complexity index is 228. The van der Waals surface area contributed by atoms with Crippen molar-refractivity contribution in [1.29, 1.82) is 0 Å². The number of ether oxygens (including phenoxy) is 1. The smallest absolute Gasteiger partial charge is 0.309 e. The van der Waals surface area contributed by atoms with E-state index in [1.165, 1.54) is 12.7 Å². The summed E-state index contributed by atoms with van der Waals surface area (Å²) in [6.07, 6.45) is 2.20. The van der Waals surface area contributed by atoms with Gasteiger partial charge in [-0.15, -0.1) is 0 Å². The first kappa shape index (κ1) is 12.9. The fourth-order valence-electron chi connectivity index (χ4n) is 1.03. The van der Waals surface area contributed by atoms with Crippen LogP contribution in [0.3, 0.4) is 0 Å². The molecule has 0 amide bonds. The Morgan fingerprint density at radius 3 is 2.43 bits per heavy atom. The second kappa shape index (κ2) is 6.41. The van der Waals surface area contributed by atoms with Crippen LogP contribution >= 0.6 is 0 Å². The second-order valence-corrected chi connectivity index (χ2v) is 3.79. The Labute approximate surface area is 86.6 Å². The minimum Gasteiger partial charge on any atom is -0.469 e. The first-order valence-electron chi connectivity index (χ1n) is 4.86. The first-order chi connectivity index (χ1) is 6.47. The summed E-state index contributed by atoms with van der Waals surface area (Å²) >= 11 is 0. The van der Waals surface area contributed by atoms with Crippen LogP contribution in [0, 0.1) is 5.92 Å². The highest BCUT2D eigenvalue weighted by Crippen LogP contribution is 2.18. The van der Waals surface area contributed by atoms with Crippen molar-refractivity contribution in [3.8, 4) is 0 Å². The van der Waals surface area contributed by atoms with Gasteiger partial charge in [0.25, 0.3) is 0 Å². The number of esters is 1. The van der Waals surface area contributed by atoms with Gasteiger partial charge < -0.3 is 4.74 Å². The van der Waals surface area contributed by atoms with E-state index < -0.39 is 0 Å². The summed E-state index contributed by atoms with van der Waals surface area (Å²) < 4.78 is 4.56. The maximum atomic E-state index is 10.9. The molecule has 0 radical (unpaired) electrons. The van der Waals surface area contributed by atoms with Gasteiger partial charge in [-0.05, 0) is 25.7 Å². The highest BCUT2D eigenvalue weighted by Gasteiger charge is 2.07. The zero-order chi connectivity index (χ0) is 11.1. The molecule has 0 aromatic rings. The minimum atomic E-state index is -0.210. The summed E-state index contributed by atoms with van der Waals surface area (Å²) in [6.45, 7) is 11.9. The predicted molar refractivity (Wildman–Crippen MR) is 59.0 cm³/mol. The van der Waals surface area contributed by atoms with Crippen LogP contribution in [-0.4, -0.2) is 13.1 Å². The fourth-order valence-corrected chi connectivity index (χ4v) is 1.03. The van der Waals surface area contributed by atoms with Crippen molar-refractivity contribution in [3.05, 3.63) is 24.3 Å². The van der Waals surface area contributed by atoms with Crippen LogP contribution in [0.2, 0.25) is 0 Å². The van der Waals surface area contributed by atoms with Crippen molar-refractivity contribution in [2.45, 2.75) is 33.1 Å². The van der Waals surface area contributed by atoms with Gasteiger partial charge in [0.05, 0.1) is 13.5 Å². The number of allylic oxidation sites excluding steroid dienone is 1.